The Morgan fingerprint density at radius 1 is 0.574 bits per heavy atom. The van der Waals surface area contributed by atoms with Crippen molar-refractivity contribution in [3.05, 3.63) is 168 Å². The summed E-state index contributed by atoms with van der Waals surface area (Å²) < 4.78 is 2.60. The van der Waals surface area contributed by atoms with Gasteiger partial charge in [0.25, 0.3) is 0 Å². The first-order valence-electron chi connectivity index (χ1n) is 16.6. The van der Waals surface area contributed by atoms with E-state index in [1.807, 2.05) is 0 Å². The van der Waals surface area contributed by atoms with E-state index in [4.69, 9.17) is 0 Å². The molecule has 0 bridgehead atoms. The van der Waals surface area contributed by atoms with E-state index >= 15 is 0 Å². The highest BCUT2D eigenvalue weighted by atomic mass is 15.5. The van der Waals surface area contributed by atoms with Crippen molar-refractivity contribution >= 4 is 21.8 Å². The third-order valence-electron chi connectivity index (χ3n) is 10.5. The van der Waals surface area contributed by atoms with Gasteiger partial charge in [-0.25, -0.2) is 0 Å². The number of rotatable bonds is 4. The largest absolute Gasteiger partial charge is 0.310 e. The van der Waals surface area contributed by atoms with Crippen LogP contribution in [-0.2, 0) is 5.41 Å². The highest BCUT2D eigenvalue weighted by Gasteiger charge is 2.40. The van der Waals surface area contributed by atoms with E-state index in [0.717, 1.165) is 0 Å². The zero-order valence-electron chi connectivity index (χ0n) is 27.0. The van der Waals surface area contributed by atoms with Crippen molar-refractivity contribution in [2.24, 2.45) is 0 Å². The third-order valence-corrected chi connectivity index (χ3v) is 10.5. The van der Waals surface area contributed by atoms with Gasteiger partial charge >= 0.3 is 0 Å². The van der Waals surface area contributed by atoms with Gasteiger partial charge in [-0.15, -0.1) is 0 Å². The van der Waals surface area contributed by atoms with Crippen molar-refractivity contribution in [1.82, 2.24) is 20.1 Å². The first-order chi connectivity index (χ1) is 23.0. The lowest BCUT2D eigenvalue weighted by molar-refractivity contribution is 0.00564. The van der Waals surface area contributed by atoms with Gasteiger partial charge in [0, 0.05) is 21.8 Å². The second-order valence-corrected chi connectivity index (χ2v) is 13.6. The van der Waals surface area contributed by atoms with Crippen LogP contribution in [0.5, 0.6) is 0 Å². The third kappa shape index (κ3) is 4.33. The fourth-order valence-electron chi connectivity index (χ4n) is 8.18. The topological polar surface area (TPSA) is 32.2 Å². The molecule has 1 aromatic heterocycles. The SMILES string of the molecule is CN1C(c2ccccc2)NC(c2ccccc2)NC1n1c2cc(-c3ccccc3)ccc2c2ccc3c(c21)-c1ccccc1C3(C)C. The van der Waals surface area contributed by atoms with Gasteiger partial charge in [-0.05, 0) is 52.1 Å². The van der Waals surface area contributed by atoms with Crippen molar-refractivity contribution in [3.63, 3.8) is 0 Å². The summed E-state index contributed by atoms with van der Waals surface area (Å²) in [6.07, 6.45) is -0.231. The second-order valence-electron chi connectivity index (χ2n) is 13.6. The van der Waals surface area contributed by atoms with Crippen LogP contribution >= 0.6 is 0 Å². The van der Waals surface area contributed by atoms with Gasteiger partial charge in [-0.3, -0.25) is 15.5 Å². The molecule has 0 spiro atoms. The molecule has 1 fully saturated rings. The standard InChI is InChI=1S/C43H38N4/c1-43(2)35-22-14-13-21-34(35)38-36(43)26-25-33-32-24-23-31(28-15-7-4-8-16-28)27-37(32)47(39(33)38)42-45-40(29-17-9-5-10-18-29)44-41(46(42)3)30-19-11-6-12-20-30/h4-27,40-42,44-45H,1-3H3. The summed E-state index contributed by atoms with van der Waals surface area (Å²) in [6.45, 7) is 4.74. The maximum atomic E-state index is 4.08. The van der Waals surface area contributed by atoms with Crippen LogP contribution in [0.25, 0.3) is 44.1 Å². The minimum absolute atomic E-state index is 0.0158. The molecule has 0 amide bonds. The smallest absolute Gasteiger partial charge is 0.144 e. The molecule has 1 saturated heterocycles. The lowest BCUT2D eigenvalue weighted by Gasteiger charge is -2.46. The fourth-order valence-corrected chi connectivity index (χ4v) is 8.18. The molecule has 9 rings (SSSR count). The van der Waals surface area contributed by atoms with E-state index in [9.17, 15) is 0 Å². The Hall–Kier alpha value is -5.00. The molecule has 47 heavy (non-hydrogen) atoms. The minimum atomic E-state index is -0.153. The summed E-state index contributed by atoms with van der Waals surface area (Å²) >= 11 is 0. The van der Waals surface area contributed by atoms with E-state index in [0.29, 0.717) is 0 Å². The molecule has 0 radical (unpaired) electrons. The maximum Gasteiger partial charge on any atom is 0.144 e. The number of hydrogen-bond donors (Lipinski definition) is 2. The first kappa shape index (κ1) is 28.2. The predicted octanol–water partition coefficient (Wildman–Crippen LogP) is 9.75. The molecule has 3 unspecified atom stereocenters. The van der Waals surface area contributed by atoms with E-state index < -0.39 is 0 Å². The van der Waals surface area contributed by atoms with Crippen molar-refractivity contribution in [2.45, 2.75) is 37.9 Å². The summed E-state index contributed by atoms with van der Waals surface area (Å²) in [4.78, 5) is 2.45. The molecule has 230 valence electrons. The molecular formula is C43H38N4. The Labute approximate surface area is 276 Å². The summed E-state index contributed by atoms with van der Waals surface area (Å²) in [5, 5.41) is 10.6. The van der Waals surface area contributed by atoms with Crippen LogP contribution in [0.15, 0.2) is 146 Å². The highest BCUT2D eigenvalue weighted by Crippen LogP contribution is 2.53. The van der Waals surface area contributed by atoms with E-state index in [-0.39, 0.29) is 24.0 Å². The summed E-state index contributed by atoms with van der Waals surface area (Å²) in [5.74, 6) is 0. The molecule has 2 aliphatic rings. The Balaban J connectivity index is 1.36. The van der Waals surface area contributed by atoms with E-state index in [2.05, 4.69) is 187 Å². The minimum Gasteiger partial charge on any atom is -0.310 e. The van der Waals surface area contributed by atoms with Gasteiger partial charge in [0.2, 0.25) is 0 Å². The number of hydrogen-bond acceptors (Lipinski definition) is 3. The monoisotopic (exact) mass is 610 g/mol. The molecule has 0 saturated carbocycles. The van der Waals surface area contributed by atoms with E-state index in [1.54, 1.807) is 0 Å². The van der Waals surface area contributed by atoms with Crippen LogP contribution in [0.3, 0.4) is 0 Å². The zero-order valence-corrected chi connectivity index (χ0v) is 27.0. The predicted molar refractivity (Wildman–Crippen MR) is 194 cm³/mol. The van der Waals surface area contributed by atoms with Crippen LogP contribution in [0.1, 0.15) is 54.7 Å². The van der Waals surface area contributed by atoms with Crippen molar-refractivity contribution in [2.75, 3.05) is 7.05 Å². The van der Waals surface area contributed by atoms with Gasteiger partial charge in [-0.2, -0.15) is 0 Å². The van der Waals surface area contributed by atoms with Gasteiger partial charge in [0.15, 0.2) is 0 Å². The number of nitrogens with one attached hydrogen (secondary N) is 2. The summed E-state index contributed by atoms with van der Waals surface area (Å²) in [6, 6.07) is 53.1. The van der Waals surface area contributed by atoms with Crippen LogP contribution in [0, 0.1) is 0 Å². The number of benzene rings is 6. The molecule has 3 atom stereocenters. The van der Waals surface area contributed by atoms with Crippen LogP contribution in [0.2, 0.25) is 0 Å². The average molecular weight is 611 g/mol. The fraction of sp³-hybridized carbons (Fsp3) is 0.163. The molecule has 2 N–H and O–H groups in total. The Bertz CT molecular complexity index is 2250. The molecule has 4 nitrogen and oxygen atoms in total. The van der Waals surface area contributed by atoms with Gasteiger partial charge < -0.3 is 4.57 Å². The summed E-state index contributed by atoms with van der Waals surface area (Å²) in [7, 11) is 2.24. The van der Waals surface area contributed by atoms with Crippen LogP contribution in [-0.4, -0.2) is 16.5 Å². The van der Waals surface area contributed by atoms with Crippen molar-refractivity contribution in [1.29, 1.82) is 0 Å². The van der Waals surface area contributed by atoms with Crippen LogP contribution < -0.4 is 10.6 Å². The number of aromatic nitrogens is 1. The van der Waals surface area contributed by atoms with Gasteiger partial charge in [-0.1, -0.05) is 153 Å². The van der Waals surface area contributed by atoms with Crippen molar-refractivity contribution < 1.29 is 0 Å². The van der Waals surface area contributed by atoms with E-state index in [1.165, 1.54) is 66.3 Å². The van der Waals surface area contributed by atoms with Gasteiger partial charge in [0.05, 0.1) is 23.4 Å². The van der Waals surface area contributed by atoms with Gasteiger partial charge in [0.1, 0.15) is 6.29 Å². The second kappa shape index (κ2) is 10.8. The molecule has 4 heteroatoms. The number of nitrogens with zero attached hydrogens (tertiary/aromatic N) is 2. The number of fused-ring (bicyclic) bond motifs is 7. The van der Waals surface area contributed by atoms with Crippen molar-refractivity contribution in [3.8, 4) is 22.3 Å². The lowest BCUT2D eigenvalue weighted by atomic mass is 9.82. The Morgan fingerprint density at radius 2 is 1.21 bits per heavy atom. The highest BCUT2D eigenvalue weighted by molar-refractivity contribution is 6.15. The molecule has 1 aliphatic carbocycles. The first-order valence-corrected chi connectivity index (χ1v) is 16.6. The Kier molecular flexibility index (Phi) is 6.48. The molecule has 1 aliphatic heterocycles. The lowest BCUT2D eigenvalue weighted by Crippen LogP contribution is -2.56. The molecule has 7 aromatic rings. The summed E-state index contributed by atoms with van der Waals surface area (Å²) in [5.41, 5.74) is 12.8. The molecular weight excluding hydrogens is 573 g/mol. The molecule has 2 heterocycles. The van der Waals surface area contributed by atoms with Crippen LogP contribution in [0.4, 0.5) is 0 Å². The maximum absolute atomic E-state index is 4.08. The Morgan fingerprint density at radius 3 is 1.96 bits per heavy atom. The molecule has 6 aromatic carbocycles. The normalized spacial score (nSPS) is 20.4. The average Bonchev–Trinajstić information content (AvgIpc) is 3.57. The quantitative estimate of drug-likeness (QED) is 0.208. The zero-order chi connectivity index (χ0) is 31.7.